The van der Waals surface area contributed by atoms with Crippen LogP contribution in [0.25, 0.3) is 0 Å². The Labute approximate surface area is 160 Å². The molecule has 0 radical (unpaired) electrons. The predicted octanol–water partition coefficient (Wildman–Crippen LogP) is 2.86. The molecule has 0 bridgehead atoms. The minimum atomic E-state index is -0.247. The molecule has 2 aromatic rings. The van der Waals surface area contributed by atoms with Crippen LogP contribution in [0.4, 0.5) is 10.2 Å². The van der Waals surface area contributed by atoms with Gasteiger partial charge in [-0.1, -0.05) is 32.0 Å². The lowest BCUT2D eigenvalue weighted by Gasteiger charge is -2.36. The zero-order valence-corrected chi connectivity index (χ0v) is 15.9. The molecule has 1 atom stereocenters. The number of halogens is 1. The van der Waals surface area contributed by atoms with Crippen LogP contribution >= 0.6 is 0 Å². The predicted molar refractivity (Wildman–Crippen MR) is 105 cm³/mol. The van der Waals surface area contributed by atoms with Crippen LogP contribution in [0.5, 0.6) is 0 Å². The second-order valence-corrected chi connectivity index (χ2v) is 7.21. The summed E-state index contributed by atoms with van der Waals surface area (Å²) in [5.74, 6) is 1.11. The third-order valence-electron chi connectivity index (χ3n) is 4.97. The van der Waals surface area contributed by atoms with Crippen LogP contribution in [0.15, 0.2) is 48.7 Å². The molecule has 27 heavy (non-hydrogen) atoms. The van der Waals surface area contributed by atoms with Crippen molar-refractivity contribution in [1.82, 2.24) is 15.2 Å². The van der Waals surface area contributed by atoms with Crippen molar-refractivity contribution in [2.45, 2.75) is 19.9 Å². The van der Waals surface area contributed by atoms with Crippen molar-refractivity contribution in [1.29, 1.82) is 0 Å². The molecule has 0 unspecified atom stereocenters. The maximum absolute atomic E-state index is 13.2. The Bertz CT molecular complexity index is 728. The van der Waals surface area contributed by atoms with Crippen LogP contribution < -0.4 is 10.2 Å². The number of nitrogens with zero attached hydrogens (tertiary/aromatic N) is 3. The minimum absolute atomic E-state index is 0.0179. The normalized spacial score (nSPS) is 15.9. The Balaban J connectivity index is 1.52. The van der Waals surface area contributed by atoms with Gasteiger partial charge < -0.3 is 15.1 Å². The summed E-state index contributed by atoms with van der Waals surface area (Å²) in [5, 5.41) is 3.36. The number of hydrogen-bond donors (Lipinski definition) is 1. The highest BCUT2D eigenvalue weighted by Crippen LogP contribution is 2.22. The molecular formula is C21H27FN4O. The minimum Gasteiger partial charge on any atom is -0.353 e. The van der Waals surface area contributed by atoms with E-state index in [4.69, 9.17) is 0 Å². The molecule has 3 rings (SSSR count). The Morgan fingerprint density at radius 3 is 2.41 bits per heavy atom. The fraction of sp³-hybridized carbons (Fsp3) is 0.429. The lowest BCUT2D eigenvalue weighted by atomic mass is 9.96. The number of nitrogens with one attached hydrogen (secondary N) is 1. The molecule has 1 N–H and O–H groups in total. The van der Waals surface area contributed by atoms with Gasteiger partial charge in [-0.05, 0) is 35.7 Å². The maximum Gasteiger partial charge on any atom is 0.236 e. The van der Waals surface area contributed by atoms with E-state index in [1.54, 1.807) is 18.3 Å². The van der Waals surface area contributed by atoms with Gasteiger partial charge in [-0.25, -0.2) is 9.37 Å². The summed E-state index contributed by atoms with van der Waals surface area (Å²) in [5.41, 5.74) is 0.999. The van der Waals surface area contributed by atoms with Crippen LogP contribution in [-0.4, -0.2) is 48.5 Å². The third kappa shape index (κ3) is 5.04. The summed E-state index contributed by atoms with van der Waals surface area (Å²) in [6, 6.07) is 12.4. The Kier molecular flexibility index (Phi) is 6.40. The number of pyridine rings is 1. The van der Waals surface area contributed by atoms with Gasteiger partial charge >= 0.3 is 0 Å². The first-order valence-corrected chi connectivity index (χ1v) is 9.47. The zero-order chi connectivity index (χ0) is 19.2. The van der Waals surface area contributed by atoms with E-state index in [-0.39, 0.29) is 24.3 Å². The van der Waals surface area contributed by atoms with Gasteiger partial charge in [0.25, 0.3) is 0 Å². The lowest BCUT2D eigenvalue weighted by molar-refractivity contribution is -0.130. The quantitative estimate of drug-likeness (QED) is 0.850. The highest BCUT2D eigenvalue weighted by atomic mass is 19.1. The molecule has 1 aliphatic heterocycles. The van der Waals surface area contributed by atoms with E-state index in [1.165, 1.54) is 12.1 Å². The van der Waals surface area contributed by atoms with E-state index >= 15 is 0 Å². The van der Waals surface area contributed by atoms with Crippen LogP contribution in [0.2, 0.25) is 0 Å². The highest BCUT2D eigenvalue weighted by molar-refractivity contribution is 5.78. The molecule has 1 aromatic heterocycles. The van der Waals surface area contributed by atoms with E-state index < -0.39 is 0 Å². The summed E-state index contributed by atoms with van der Waals surface area (Å²) in [7, 11) is 0. The monoisotopic (exact) mass is 370 g/mol. The molecular weight excluding hydrogens is 343 g/mol. The Hall–Kier alpha value is -2.47. The molecule has 144 valence electrons. The van der Waals surface area contributed by atoms with Crippen molar-refractivity contribution >= 4 is 11.7 Å². The summed E-state index contributed by atoms with van der Waals surface area (Å²) < 4.78 is 13.2. The first-order valence-electron chi connectivity index (χ1n) is 9.47. The summed E-state index contributed by atoms with van der Waals surface area (Å²) in [4.78, 5) is 21.1. The van der Waals surface area contributed by atoms with Crippen LogP contribution in [-0.2, 0) is 4.79 Å². The lowest BCUT2D eigenvalue weighted by Crippen LogP contribution is -2.51. The van der Waals surface area contributed by atoms with Gasteiger partial charge in [0.1, 0.15) is 11.6 Å². The van der Waals surface area contributed by atoms with E-state index in [0.29, 0.717) is 19.0 Å². The van der Waals surface area contributed by atoms with Crippen molar-refractivity contribution in [3.8, 4) is 0 Å². The molecule has 5 nitrogen and oxygen atoms in total. The standard InChI is InChI=1S/C21H27FN4O/c1-16(2)21(17-6-8-18(22)9-7-17)24-15-20(27)26-13-11-25(12-14-26)19-5-3-4-10-23-19/h3-10,16,21,24H,11-15H2,1-2H3/t21-/m1/s1. The largest absolute Gasteiger partial charge is 0.353 e. The number of anilines is 1. The summed E-state index contributed by atoms with van der Waals surface area (Å²) in [6.45, 7) is 7.43. The number of carbonyl (C=O) groups is 1. The SMILES string of the molecule is CC(C)[C@@H](NCC(=O)N1CCN(c2ccccn2)CC1)c1ccc(F)cc1. The first kappa shape index (κ1) is 19.3. The number of aromatic nitrogens is 1. The molecule has 6 heteroatoms. The maximum atomic E-state index is 13.2. The Morgan fingerprint density at radius 2 is 1.81 bits per heavy atom. The number of piperazine rings is 1. The van der Waals surface area contributed by atoms with Gasteiger partial charge in [0, 0.05) is 38.4 Å². The van der Waals surface area contributed by atoms with Gasteiger partial charge in [-0.2, -0.15) is 0 Å². The molecule has 0 saturated carbocycles. The van der Waals surface area contributed by atoms with Crippen LogP contribution in [0, 0.1) is 11.7 Å². The van der Waals surface area contributed by atoms with Gasteiger partial charge in [0.15, 0.2) is 0 Å². The average molecular weight is 370 g/mol. The van der Waals surface area contributed by atoms with Crippen LogP contribution in [0.3, 0.4) is 0 Å². The van der Waals surface area contributed by atoms with Gasteiger partial charge in [-0.15, -0.1) is 0 Å². The molecule has 1 aromatic carbocycles. The number of rotatable bonds is 6. The molecule has 1 fully saturated rings. The van der Waals surface area contributed by atoms with Crippen molar-refractivity contribution in [3.05, 3.63) is 60.0 Å². The van der Waals surface area contributed by atoms with Gasteiger partial charge in [0.05, 0.1) is 6.54 Å². The number of benzene rings is 1. The van der Waals surface area contributed by atoms with E-state index in [2.05, 4.69) is 29.0 Å². The molecule has 0 spiro atoms. The van der Waals surface area contributed by atoms with Crippen molar-refractivity contribution in [2.75, 3.05) is 37.6 Å². The zero-order valence-electron chi connectivity index (χ0n) is 15.9. The molecule has 0 aliphatic carbocycles. The molecule has 1 saturated heterocycles. The number of carbonyl (C=O) groups excluding carboxylic acids is 1. The fourth-order valence-corrected chi connectivity index (χ4v) is 3.44. The number of amides is 1. The van der Waals surface area contributed by atoms with E-state index in [0.717, 1.165) is 24.5 Å². The van der Waals surface area contributed by atoms with E-state index in [1.807, 2.05) is 23.1 Å². The summed E-state index contributed by atoms with van der Waals surface area (Å²) in [6.07, 6.45) is 1.79. The molecule has 1 aliphatic rings. The van der Waals surface area contributed by atoms with Crippen LogP contribution in [0.1, 0.15) is 25.5 Å². The third-order valence-corrected chi connectivity index (χ3v) is 4.97. The van der Waals surface area contributed by atoms with Gasteiger partial charge in [0.2, 0.25) is 5.91 Å². The number of hydrogen-bond acceptors (Lipinski definition) is 4. The summed E-state index contributed by atoms with van der Waals surface area (Å²) >= 11 is 0. The molecule has 2 heterocycles. The van der Waals surface area contributed by atoms with E-state index in [9.17, 15) is 9.18 Å². The van der Waals surface area contributed by atoms with Gasteiger partial charge in [-0.3, -0.25) is 4.79 Å². The van der Waals surface area contributed by atoms with Crippen molar-refractivity contribution < 1.29 is 9.18 Å². The first-order chi connectivity index (χ1) is 13.0. The second kappa shape index (κ2) is 8.95. The fourth-order valence-electron chi connectivity index (χ4n) is 3.44. The second-order valence-electron chi connectivity index (χ2n) is 7.21. The Morgan fingerprint density at radius 1 is 1.11 bits per heavy atom. The average Bonchev–Trinajstić information content (AvgIpc) is 2.70. The topological polar surface area (TPSA) is 48.5 Å². The molecule has 1 amide bonds. The van der Waals surface area contributed by atoms with Crippen molar-refractivity contribution in [3.63, 3.8) is 0 Å². The van der Waals surface area contributed by atoms with Crippen molar-refractivity contribution in [2.24, 2.45) is 5.92 Å². The smallest absolute Gasteiger partial charge is 0.236 e. The highest BCUT2D eigenvalue weighted by Gasteiger charge is 2.23.